The summed E-state index contributed by atoms with van der Waals surface area (Å²) in [5, 5.41) is 10.8. The molecule has 3 heterocycles. The number of aromatic nitrogens is 5. The summed E-state index contributed by atoms with van der Waals surface area (Å²) >= 11 is 0. The van der Waals surface area contributed by atoms with Crippen molar-refractivity contribution in [1.29, 1.82) is 0 Å². The van der Waals surface area contributed by atoms with Gasteiger partial charge >= 0.3 is 0 Å². The Morgan fingerprint density at radius 2 is 2.45 bits per heavy atom. The maximum absolute atomic E-state index is 12.5. The summed E-state index contributed by atoms with van der Waals surface area (Å²) in [6.45, 7) is 1.98. The van der Waals surface area contributed by atoms with Crippen LogP contribution in [0.4, 0.5) is 0 Å². The third-order valence-corrected chi connectivity index (χ3v) is 3.59. The molecule has 0 aliphatic carbocycles. The van der Waals surface area contributed by atoms with Gasteiger partial charge in [0.05, 0.1) is 6.10 Å². The van der Waals surface area contributed by atoms with Crippen LogP contribution in [0.15, 0.2) is 30.9 Å². The molecule has 0 N–H and O–H groups in total. The number of carbonyl (C=O) groups excluding carboxylic acids is 1. The molecule has 1 atom stereocenters. The molecule has 0 saturated carbocycles. The minimum Gasteiger partial charge on any atom is -0.376 e. The first kappa shape index (κ1) is 14.6. The Bertz CT molecular complexity index is 583. The van der Waals surface area contributed by atoms with Crippen molar-refractivity contribution in [1.82, 2.24) is 30.1 Å². The van der Waals surface area contributed by atoms with Gasteiger partial charge in [0.25, 0.3) is 0 Å². The zero-order chi connectivity index (χ0) is 15.2. The number of rotatable bonds is 6. The molecule has 1 amide bonds. The van der Waals surface area contributed by atoms with Crippen LogP contribution < -0.4 is 0 Å². The van der Waals surface area contributed by atoms with Crippen molar-refractivity contribution in [3.63, 3.8) is 0 Å². The second-order valence-corrected chi connectivity index (χ2v) is 5.28. The Morgan fingerprint density at radius 3 is 3.14 bits per heavy atom. The van der Waals surface area contributed by atoms with E-state index in [1.165, 1.54) is 11.0 Å². The van der Waals surface area contributed by atoms with E-state index in [1.54, 1.807) is 17.3 Å². The molecule has 1 aliphatic rings. The number of hydrogen-bond donors (Lipinski definition) is 0. The van der Waals surface area contributed by atoms with Gasteiger partial charge in [-0.15, -0.1) is 5.10 Å². The van der Waals surface area contributed by atoms with Gasteiger partial charge in [0.2, 0.25) is 5.91 Å². The fourth-order valence-electron chi connectivity index (χ4n) is 2.49. The van der Waals surface area contributed by atoms with Gasteiger partial charge in [0.15, 0.2) is 0 Å². The second kappa shape index (κ2) is 7.08. The first-order chi connectivity index (χ1) is 10.8. The average Bonchev–Trinajstić information content (AvgIpc) is 3.21. The van der Waals surface area contributed by atoms with Crippen molar-refractivity contribution >= 4 is 5.91 Å². The highest BCUT2D eigenvalue weighted by Gasteiger charge is 2.23. The zero-order valence-electron chi connectivity index (χ0n) is 12.2. The Hall–Kier alpha value is -2.35. The van der Waals surface area contributed by atoms with Crippen LogP contribution in [-0.4, -0.2) is 55.3 Å². The van der Waals surface area contributed by atoms with Crippen molar-refractivity contribution < 1.29 is 9.53 Å². The third kappa shape index (κ3) is 3.85. The van der Waals surface area contributed by atoms with Crippen molar-refractivity contribution in [2.45, 2.75) is 32.0 Å². The number of pyridine rings is 1. The summed E-state index contributed by atoms with van der Waals surface area (Å²) in [6, 6.07) is 3.82. The fraction of sp³-hybridized carbons (Fsp3) is 0.500. The summed E-state index contributed by atoms with van der Waals surface area (Å²) < 4.78 is 7.07. The summed E-state index contributed by atoms with van der Waals surface area (Å²) in [6.07, 6.45) is 7.07. The molecule has 8 heteroatoms. The fourth-order valence-corrected chi connectivity index (χ4v) is 2.49. The van der Waals surface area contributed by atoms with E-state index in [9.17, 15) is 4.79 Å². The molecule has 3 rings (SSSR count). The van der Waals surface area contributed by atoms with Crippen LogP contribution in [0.3, 0.4) is 0 Å². The number of amides is 1. The number of ether oxygens (including phenoxy) is 1. The van der Waals surface area contributed by atoms with Crippen LogP contribution in [0.1, 0.15) is 18.4 Å². The van der Waals surface area contributed by atoms with E-state index in [-0.39, 0.29) is 18.6 Å². The Morgan fingerprint density at radius 1 is 1.50 bits per heavy atom. The van der Waals surface area contributed by atoms with Crippen LogP contribution >= 0.6 is 0 Å². The molecule has 0 spiro atoms. The molecule has 0 bridgehead atoms. The SMILES string of the molecule is O=C(Cn1cnnn1)N(Cc1cccnc1)CC1CCCO1. The maximum atomic E-state index is 12.5. The van der Waals surface area contributed by atoms with Crippen LogP contribution in [-0.2, 0) is 22.6 Å². The van der Waals surface area contributed by atoms with E-state index < -0.39 is 0 Å². The number of carbonyl (C=O) groups is 1. The van der Waals surface area contributed by atoms with Crippen LogP contribution in [0.25, 0.3) is 0 Å². The molecule has 1 aliphatic heterocycles. The highest BCUT2D eigenvalue weighted by atomic mass is 16.5. The predicted octanol–water partition coefficient (Wildman–Crippen LogP) is 0.276. The largest absolute Gasteiger partial charge is 0.376 e. The highest BCUT2D eigenvalue weighted by Crippen LogP contribution is 2.15. The lowest BCUT2D eigenvalue weighted by molar-refractivity contribution is -0.134. The van der Waals surface area contributed by atoms with Gasteiger partial charge in [0, 0.05) is 32.1 Å². The number of hydrogen-bond acceptors (Lipinski definition) is 6. The molecular weight excluding hydrogens is 284 g/mol. The van der Waals surface area contributed by atoms with E-state index >= 15 is 0 Å². The topological polar surface area (TPSA) is 86.0 Å². The normalized spacial score (nSPS) is 17.5. The molecule has 2 aromatic rings. The maximum Gasteiger partial charge on any atom is 0.244 e. The highest BCUT2D eigenvalue weighted by molar-refractivity contribution is 5.75. The van der Waals surface area contributed by atoms with Gasteiger partial charge in [-0.05, 0) is 34.9 Å². The van der Waals surface area contributed by atoms with Crippen molar-refractivity contribution in [2.24, 2.45) is 0 Å². The van der Waals surface area contributed by atoms with E-state index in [4.69, 9.17) is 4.74 Å². The summed E-state index contributed by atoms with van der Waals surface area (Å²) in [5.41, 5.74) is 0.991. The van der Waals surface area contributed by atoms with Gasteiger partial charge in [-0.2, -0.15) is 0 Å². The van der Waals surface area contributed by atoms with E-state index in [0.717, 1.165) is 25.0 Å². The average molecular weight is 302 g/mol. The molecule has 1 fully saturated rings. The molecule has 8 nitrogen and oxygen atoms in total. The monoisotopic (exact) mass is 302 g/mol. The summed E-state index contributed by atoms with van der Waals surface area (Å²) in [7, 11) is 0. The van der Waals surface area contributed by atoms with Gasteiger partial charge in [-0.3, -0.25) is 9.78 Å². The quantitative estimate of drug-likeness (QED) is 0.761. The lowest BCUT2D eigenvalue weighted by Gasteiger charge is -2.25. The van der Waals surface area contributed by atoms with Crippen molar-refractivity contribution in [3.8, 4) is 0 Å². The van der Waals surface area contributed by atoms with Gasteiger partial charge in [-0.1, -0.05) is 6.07 Å². The van der Waals surface area contributed by atoms with E-state index in [0.29, 0.717) is 13.1 Å². The van der Waals surface area contributed by atoms with Gasteiger partial charge in [-0.25, -0.2) is 4.68 Å². The Labute approximate surface area is 128 Å². The molecule has 1 unspecified atom stereocenters. The standard InChI is InChI=1S/C14H18N6O2/c21-14(10-20-11-16-17-18-20)19(9-13-4-2-6-22-13)8-12-3-1-5-15-7-12/h1,3,5,7,11,13H,2,4,6,8-10H2. The molecular formula is C14H18N6O2. The first-order valence-electron chi connectivity index (χ1n) is 7.30. The first-order valence-corrected chi connectivity index (χ1v) is 7.30. The smallest absolute Gasteiger partial charge is 0.244 e. The Kier molecular flexibility index (Phi) is 4.69. The molecule has 22 heavy (non-hydrogen) atoms. The summed E-state index contributed by atoms with van der Waals surface area (Å²) in [4.78, 5) is 18.4. The van der Waals surface area contributed by atoms with Gasteiger partial charge in [0.1, 0.15) is 12.9 Å². The summed E-state index contributed by atoms with van der Waals surface area (Å²) in [5.74, 6) is -0.0355. The second-order valence-electron chi connectivity index (χ2n) is 5.28. The molecule has 0 aromatic carbocycles. The molecule has 2 aromatic heterocycles. The lowest BCUT2D eigenvalue weighted by atomic mass is 10.2. The molecule has 0 radical (unpaired) electrons. The number of tetrazole rings is 1. The minimum absolute atomic E-state index is 0.0355. The van der Waals surface area contributed by atoms with Crippen molar-refractivity contribution in [2.75, 3.05) is 13.2 Å². The molecule has 116 valence electrons. The van der Waals surface area contributed by atoms with Crippen LogP contribution in [0, 0.1) is 0 Å². The zero-order valence-corrected chi connectivity index (χ0v) is 12.2. The lowest BCUT2D eigenvalue weighted by Crippen LogP contribution is -2.39. The Balaban J connectivity index is 1.68. The van der Waals surface area contributed by atoms with Crippen LogP contribution in [0.2, 0.25) is 0 Å². The van der Waals surface area contributed by atoms with E-state index in [1.807, 2.05) is 12.1 Å². The number of nitrogens with zero attached hydrogens (tertiary/aromatic N) is 6. The minimum atomic E-state index is -0.0355. The van der Waals surface area contributed by atoms with Gasteiger partial charge < -0.3 is 9.64 Å². The van der Waals surface area contributed by atoms with Crippen LogP contribution in [0.5, 0.6) is 0 Å². The predicted molar refractivity (Wildman–Crippen MR) is 76.4 cm³/mol. The van der Waals surface area contributed by atoms with Crippen molar-refractivity contribution in [3.05, 3.63) is 36.4 Å². The third-order valence-electron chi connectivity index (χ3n) is 3.59. The molecule has 1 saturated heterocycles. The van der Waals surface area contributed by atoms with E-state index in [2.05, 4.69) is 20.5 Å².